The van der Waals surface area contributed by atoms with E-state index in [1.54, 1.807) is 18.2 Å². The van der Waals surface area contributed by atoms with Crippen LogP contribution in [0.4, 0.5) is 23.1 Å². The fourth-order valence-corrected chi connectivity index (χ4v) is 5.05. The van der Waals surface area contributed by atoms with Gasteiger partial charge in [-0.2, -0.15) is 4.98 Å². The number of fused-ring (bicyclic) bond motifs is 1. The van der Waals surface area contributed by atoms with Crippen molar-refractivity contribution in [1.82, 2.24) is 14.9 Å². The minimum absolute atomic E-state index is 0.0406. The van der Waals surface area contributed by atoms with Crippen molar-refractivity contribution < 1.29 is 19.1 Å². The first-order chi connectivity index (χ1) is 18.3. The maximum atomic E-state index is 13.5. The fourth-order valence-electron chi connectivity index (χ4n) is 5.05. The summed E-state index contributed by atoms with van der Waals surface area (Å²) in [5.41, 5.74) is 3.28. The predicted molar refractivity (Wildman–Crippen MR) is 147 cm³/mol. The lowest BCUT2D eigenvalue weighted by atomic mass is 9.81. The number of hydrogen-bond donors (Lipinski definition) is 2. The van der Waals surface area contributed by atoms with Gasteiger partial charge in [0.2, 0.25) is 5.95 Å². The van der Waals surface area contributed by atoms with Gasteiger partial charge in [0.15, 0.2) is 5.82 Å². The van der Waals surface area contributed by atoms with Gasteiger partial charge in [-0.05, 0) is 30.7 Å². The van der Waals surface area contributed by atoms with Gasteiger partial charge < -0.3 is 25.0 Å². The average Bonchev–Trinajstić information content (AvgIpc) is 3.17. The summed E-state index contributed by atoms with van der Waals surface area (Å²) < 4.78 is 11.0. The first-order valence-corrected chi connectivity index (χ1v) is 13.4. The van der Waals surface area contributed by atoms with E-state index in [2.05, 4.69) is 47.4 Å². The summed E-state index contributed by atoms with van der Waals surface area (Å²) in [5, 5.41) is 8.31. The summed E-state index contributed by atoms with van der Waals surface area (Å²) in [6.45, 7) is 13.8. The van der Waals surface area contributed by atoms with Crippen LogP contribution >= 0.6 is 0 Å². The molecule has 11 nitrogen and oxygen atoms in total. The van der Waals surface area contributed by atoms with E-state index in [1.165, 1.54) is 5.56 Å². The molecule has 0 spiro atoms. The molecule has 11 heteroatoms. The zero-order valence-electron chi connectivity index (χ0n) is 22.8. The monoisotopic (exact) mass is 525 g/mol. The van der Waals surface area contributed by atoms with Gasteiger partial charge in [0, 0.05) is 61.6 Å². The van der Waals surface area contributed by atoms with E-state index in [-0.39, 0.29) is 17.0 Å². The Balaban J connectivity index is 1.39. The molecule has 5 rings (SSSR count). The minimum atomic E-state index is -0.288. The van der Waals surface area contributed by atoms with Crippen LogP contribution in [0.15, 0.2) is 24.3 Å². The van der Waals surface area contributed by atoms with Gasteiger partial charge >= 0.3 is 0 Å². The number of morpholine rings is 2. The number of nitrogens with one attached hydrogen (secondary N) is 2. The van der Waals surface area contributed by atoms with Gasteiger partial charge in [-0.3, -0.25) is 14.5 Å². The molecule has 2 fully saturated rings. The molecule has 1 amide bonds. The van der Waals surface area contributed by atoms with Gasteiger partial charge in [-0.25, -0.2) is 10.0 Å². The first-order valence-electron chi connectivity index (χ1n) is 13.4. The number of carbonyl (C=O) groups excluding carboxylic acids is 1. The third-order valence-corrected chi connectivity index (χ3v) is 7.85. The van der Waals surface area contributed by atoms with Gasteiger partial charge in [0.25, 0.3) is 5.91 Å². The lowest BCUT2D eigenvalue weighted by Gasteiger charge is -2.30. The fraction of sp³-hybridized carbons (Fsp3) is 0.593. The molecule has 0 radical (unpaired) electrons. The molecule has 1 atom stereocenters. The summed E-state index contributed by atoms with van der Waals surface area (Å²) in [6.07, 6.45) is 0. The SMILES string of the molecule is CON(CCN1CCOCC1)c1cc(C(=O)Nc2ccc3c(c2)C(C)(C)C(C)N3)nc(N2CCOCC2)n1. The number of ether oxygens (including phenoxy) is 2. The van der Waals surface area contributed by atoms with Crippen LogP contribution in [0.3, 0.4) is 0 Å². The summed E-state index contributed by atoms with van der Waals surface area (Å²) in [6, 6.07) is 8.01. The molecular weight excluding hydrogens is 486 g/mol. The molecule has 2 aromatic rings. The first kappa shape index (κ1) is 26.6. The zero-order chi connectivity index (χ0) is 26.7. The topological polar surface area (TPSA) is 104 Å². The average molecular weight is 526 g/mol. The Bertz CT molecular complexity index is 1130. The highest BCUT2D eigenvalue weighted by molar-refractivity contribution is 6.03. The third-order valence-electron chi connectivity index (χ3n) is 7.85. The Morgan fingerprint density at radius 2 is 1.84 bits per heavy atom. The number of carbonyl (C=O) groups is 1. The summed E-state index contributed by atoms with van der Waals surface area (Å²) >= 11 is 0. The van der Waals surface area contributed by atoms with Crippen molar-refractivity contribution in [2.24, 2.45) is 0 Å². The van der Waals surface area contributed by atoms with E-state index in [0.717, 1.165) is 44.2 Å². The normalized spacial score (nSPS) is 21.1. The standard InChI is InChI=1S/C27H39N7O4/c1-19-27(2,3)21-17-20(5-6-22(21)28-19)29-25(35)23-18-24(31-26(30-23)33-11-15-38-16-12-33)34(36-4)8-7-32-9-13-37-14-10-32/h5-6,17-19,28H,7-16H2,1-4H3,(H,29,35). The lowest BCUT2D eigenvalue weighted by Crippen LogP contribution is -2.42. The summed E-state index contributed by atoms with van der Waals surface area (Å²) in [5.74, 6) is 0.761. The molecule has 2 N–H and O–H groups in total. The molecule has 4 heterocycles. The summed E-state index contributed by atoms with van der Waals surface area (Å²) in [4.78, 5) is 33.0. The Kier molecular flexibility index (Phi) is 7.98. The number of aromatic nitrogens is 2. The van der Waals surface area contributed by atoms with Crippen LogP contribution in [0, 0.1) is 0 Å². The van der Waals surface area contributed by atoms with Crippen molar-refractivity contribution >= 4 is 29.0 Å². The quantitative estimate of drug-likeness (QED) is 0.499. The van der Waals surface area contributed by atoms with Crippen molar-refractivity contribution in [3.8, 4) is 0 Å². The molecule has 3 aliphatic heterocycles. The number of anilines is 4. The number of hydroxylamine groups is 1. The van der Waals surface area contributed by atoms with Crippen LogP contribution < -0.4 is 20.6 Å². The highest BCUT2D eigenvalue weighted by Crippen LogP contribution is 2.41. The van der Waals surface area contributed by atoms with Crippen LogP contribution in [0.2, 0.25) is 0 Å². The number of rotatable bonds is 8. The van der Waals surface area contributed by atoms with Crippen molar-refractivity contribution in [2.45, 2.75) is 32.2 Å². The van der Waals surface area contributed by atoms with Gasteiger partial charge in [0.1, 0.15) is 5.69 Å². The molecule has 2 saturated heterocycles. The smallest absolute Gasteiger partial charge is 0.274 e. The molecule has 206 valence electrons. The number of benzene rings is 1. The van der Waals surface area contributed by atoms with Crippen molar-refractivity contribution in [1.29, 1.82) is 0 Å². The number of nitrogens with zero attached hydrogens (tertiary/aromatic N) is 5. The molecule has 38 heavy (non-hydrogen) atoms. The molecule has 0 aliphatic carbocycles. The molecule has 3 aliphatic rings. The van der Waals surface area contributed by atoms with Crippen LogP contribution in [0.1, 0.15) is 36.8 Å². The van der Waals surface area contributed by atoms with Crippen LogP contribution in [-0.2, 0) is 19.7 Å². The van der Waals surface area contributed by atoms with Crippen molar-refractivity contribution in [2.75, 3.05) is 93.4 Å². The van der Waals surface area contributed by atoms with E-state index in [1.807, 2.05) is 17.0 Å². The van der Waals surface area contributed by atoms with Crippen molar-refractivity contribution in [3.63, 3.8) is 0 Å². The van der Waals surface area contributed by atoms with Crippen LogP contribution in [-0.4, -0.2) is 99.6 Å². The third kappa shape index (κ3) is 5.70. The molecule has 0 bridgehead atoms. The second kappa shape index (κ2) is 11.4. The van der Waals surface area contributed by atoms with E-state index in [9.17, 15) is 4.79 Å². The lowest BCUT2D eigenvalue weighted by molar-refractivity contribution is 0.0350. The predicted octanol–water partition coefficient (Wildman–Crippen LogP) is 2.36. The largest absolute Gasteiger partial charge is 0.381 e. The van der Waals surface area contributed by atoms with Gasteiger partial charge in [0.05, 0.1) is 40.1 Å². The second-order valence-corrected chi connectivity index (χ2v) is 10.6. The van der Waals surface area contributed by atoms with E-state index < -0.39 is 0 Å². The zero-order valence-corrected chi connectivity index (χ0v) is 22.8. The molecule has 0 saturated carbocycles. The highest BCUT2D eigenvalue weighted by atomic mass is 16.7. The Labute approximate surface area is 224 Å². The van der Waals surface area contributed by atoms with Gasteiger partial charge in [-0.15, -0.1) is 0 Å². The van der Waals surface area contributed by atoms with E-state index in [4.69, 9.17) is 19.3 Å². The maximum Gasteiger partial charge on any atom is 0.274 e. The Hall–Kier alpha value is -2.99. The highest BCUT2D eigenvalue weighted by Gasteiger charge is 2.36. The minimum Gasteiger partial charge on any atom is -0.381 e. The van der Waals surface area contributed by atoms with E-state index >= 15 is 0 Å². The molecule has 1 aromatic carbocycles. The van der Waals surface area contributed by atoms with Gasteiger partial charge in [-0.1, -0.05) is 13.8 Å². The maximum absolute atomic E-state index is 13.5. The van der Waals surface area contributed by atoms with Crippen LogP contribution in [0.5, 0.6) is 0 Å². The molecule has 1 unspecified atom stereocenters. The van der Waals surface area contributed by atoms with E-state index in [0.29, 0.717) is 50.7 Å². The number of hydrogen-bond acceptors (Lipinski definition) is 10. The van der Waals surface area contributed by atoms with Crippen LogP contribution in [0.25, 0.3) is 0 Å². The second-order valence-electron chi connectivity index (χ2n) is 10.6. The Morgan fingerprint density at radius 3 is 2.55 bits per heavy atom. The summed E-state index contributed by atoms with van der Waals surface area (Å²) in [7, 11) is 1.62. The number of amides is 1. The molecular formula is C27H39N7O4. The molecule has 1 aromatic heterocycles. The Morgan fingerprint density at radius 1 is 1.13 bits per heavy atom. The van der Waals surface area contributed by atoms with Crippen molar-refractivity contribution in [3.05, 3.63) is 35.5 Å².